The molecule has 0 unspecified atom stereocenters. The zero-order valence-electron chi connectivity index (χ0n) is 11.1. The lowest BCUT2D eigenvalue weighted by atomic mass is 9.91. The number of hydrogen-bond donors (Lipinski definition) is 0. The molecule has 1 saturated carbocycles. The summed E-state index contributed by atoms with van der Waals surface area (Å²) in [7, 11) is 0. The Morgan fingerprint density at radius 1 is 1.24 bits per heavy atom. The van der Waals surface area contributed by atoms with Crippen molar-refractivity contribution < 1.29 is 4.79 Å². The van der Waals surface area contributed by atoms with Crippen LogP contribution in [0.4, 0.5) is 0 Å². The molecule has 0 aliphatic heterocycles. The Labute approximate surface area is 111 Å². The molecule has 0 aromatic heterocycles. The van der Waals surface area contributed by atoms with Crippen molar-refractivity contribution in [3.8, 4) is 0 Å². The molecule has 0 aromatic rings. The second-order valence-electron chi connectivity index (χ2n) is 5.03. The Morgan fingerprint density at radius 3 is 2.53 bits per heavy atom. The molecule has 0 heterocycles. The number of hydrogen-bond acceptors (Lipinski definition) is 1. The van der Waals surface area contributed by atoms with E-state index in [2.05, 4.69) is 11.8 Å². The van der Waals surface area contributed by atoms with Gasteiger partial charge in [0.1, 0.15) is 0 Å². The molecule has 0 spiro atoms. The van der Waals surface area contributed by atoms with Gasteiger partial charge in [-0.3, -0.25) is 4.79 Å². The number of rotatable bonds is 9. The quantitative estimate of drug-likeness (QED) is 0.453. The predicted molar refractivity (Wildman–Crippen MR) is 73.4 cm³/mol. The first-order valence-corrected chi connectivity index (χ1v) is 7.68. The van der Waals surface area contributed by atoms with E-state index < -0.39 is 0 Å². The van der Waals surface area contributed by atoms with E-state index in [9.17, 15) is 4.79 Å². The number of carbonyl (C=O) groups excluding carboxylic acids is 1. The minimum Gasteiger partial charge on any atom is -0.340 e. The maximum absolute atomic E-state index is 12.1. The highest BCUT2D eigenvalue weighted by Crippen LogP contribution is 2.26. The van der Waals surface area contributed by atoms with E-state index in [1.165, 1.54) is 38.5 Å². The second-order valence-corrected chi connectivity index (χ2v) is 5.40. The van der Waals surface area contributed by atoms with Gasteiger partial charge in [0.15, 0.2) is 0 Å². The number of carbonyl (C=O) groups is 1. The van der Waals surface area contributed by atoms with Crippen LogP contribution in [0.25, 0.3) is 0 Å². The molecular formula is C14H26ClNO. The van der Waals surface area contributed by atoms with Crippen molar-refractivity contribution in [3.05, 3.63) is 0 Å². The third-order valence-corrected chi connectivity index (χ3v) is 3.88. The fraction of sp³-hybridized carbons (Fsp3) is 0.929. The van der Waals surface area contributed by atoms with Gasteiger partial charge in [-0.15, -0.1) is 11.6 Å². The maximum atomic E-state index is 12.1. The molecule has 1 aliphatic carbocycles. The SMILES string of the molecule is CCCCCCC(=O)N(CCCCl)C1CCC1. The normalized spacial score (nSPS) is 15.6. The molecule has 1 fully saturated rings. The lowest BCUT2D eigenvalue weighted by molar-refractivity contribution is -0.135. The van der Waals surface area contributed by atoms with Gasteiger partial charge in [0, 0.05) is 24.9 Å². The Hall–Kier alpha value is -0.240. The monoisotopic (exact) mass is 259 g/mol. The molecule has 3 heteroatoms. The molecular weight excluding hydrogens is 234 g/mol. The Morgan fingerprint density at radius 2 is 2.00 bits per heavy atom. The molecule has 0 saturated heterocycles. The third kappa shape index (κ3) is 5.29. The molecule has 1 rings (SSSR count). The van der Waals surface area contributed by atoms with Crippen LogP contribution in [0.1, 0.15) is 64.7 Å². The smallest absolute Gasteiger partial charge is 0.222 e. The van der Waals surface area contributed by atoms with Crippen LogP contribution >= 0.6 is 11.6 Å². The summed E-state index contributed by atoms with van der Waals surface area (Å²) in [6, 6.07) is 0.525. The van der Waals surface area contributed by atoms with Gasteiger partial charge in [-0.05, 0) is 32.1 Å². The lowest BCUT2D eigenvalue weighted by Crippen LogP contribution is -2.44. The summed E-state index contributed by atoms with van der Waals surface area (Å²) in [5.74, 6) is 1.02. The Bertz CT molecular complexity index is 216. The van der Waals surface area contributed by atoms with Crippen LogP contribution in [0.3, 0.4) is 0 Å². The van der Waals surface area contributed by atoms with Crippen LogP contribution < -0.4 is 0 Å². The summed E-state index contributed by atoms with van der Waals surface area (Å²) in [6.07, 6.45) is 10.1. The first-order chi connectivity index (χ1) is 8.29. The maximum Gasteiger partial charge on any atom is 0.222 e. The van der Waals surface area contributed by atoms with Crippen molar-refractivity contribution >= 4 is 17.5 Å². The summed E-state index contributed by atoms with van der Waals surface area (Å²) in [4.78, 5) is 14.2. The fourth-order valence-electron chi connectivity index (χ4n) is 2.29. The highest BCUT2D eigenvalue weighted by molar-refractivity contribution is 6.17. The van der Waals surface area contributed by atoms with E-state index in [1.807, 2.05) is 0 Å². The standard InChI is InChI=1S/C14H26ClNO/c1-2-3-4-5-10-14(17)16(12-7-11-15)13-8-6-9-13/h13H,2-12H2,1H3. The Balaban J connectivity index is 2.26. The molecule has 0 radical (unpaired) electrons. The van der Waals surface area contributed by atoms with E-state index in [0.29, 0.717) is 17.8 Å². The van der Waals surface area contributed by atoms with Crippen LogP contribution in [-0.2, 0) is 4.79 Å². The van der Waals surface area contributed by atoms with Crippen LogP contribution in [0, 0.1) is 0 Å². The fourth-order valence-corrected chi connectivity index (χ4v) is 2.41. The Kier molecular flexibility index (Phi) is 7.67. The van der Waals surface area contributed by atoms with Crippen molar-refractivity contribution in [2.75, 3.05) is 12.4 Å². The number of alkyl halides is 1. The highest BCUT2D eigenvalue weighted by Gasteiger charge is 2.27. The van der Waals surface area contributed by atoms with Gasteiger partial charge in [-0.1, -0.05) is 26.2 Å². The molecule has 1 amide bonds. The molecule has 1 aliphatic rings. The van der Waals surface area contributed by atoms with Crippen molar-refractivity contribution in [1.29, 1.82) is 0 Å². The second kappa shape index (κ2) is 8.79. The number of nitrogens with zero attached hydrogens (tertiary/aromatic N) is 1. The van der Waals surface area contributed by atoms with Crippen molar-refractivity contribution in [2.24, 2.45) is 0 Å². The summed E-state index contributed by atoms with van der Waals surface area (Å²) in [5.41, 5.74) is 0. The van der Waals surface area contributed by atoms with Crippen LogP contribution in [0.5, 0.6) is 0 Å². The van der Waals surface area contributed by atoms with Gasteiger partial charge in [0.05, 0.1) is 0 Å². The van der Waals surface area contributed by atoms with E-state index >= 15 is 0 Å². The van der Waals surface area contributed by atoms with Crippen molar-refractivity contribution in [2.45, 2.75) is 70.8 Å². The molecule has 0 atom stereocenters. The van der Waals surface area contributed by atoms with Gasteiger partial charge < -0.3 is 4.90 Å². The number of halogens is 1. The minimum atomic E-state index is 0.357. The minimum absolute atomic E-state index is 0.357. The third-order valence-electron chi connectivity index (χ3n) is 3.61. The summed E-state index contributed by atoms with van der Waals surface area (Å²) in [6.45, 7) is 3.06. The molecule has 100 valence electrons. The topological polar surface area (TPSA) is 20.3 Å². The average Bonchev–Trinajstić information content (AvgIpc) is 2.27. The average molecular weight is 260 g/mol. The first-order valence-electron chi connectivity index (χ1n) is 7.15. The molecule has 0 N–H and O–H groups in total. The predicted octanol–water partition coefficient (Wildman–Crippen LogP) is 3.97. The first kappa shape index (κ1) is 14.8. The number of unbranched alkanes of at least 4 members (excludes halogenated alkanes) is 3. The van der Waals surface area contributed by atoms with Gasteiger partial charge in [-0.2, -0.15) is 0 Å². The number of amides is 1. The summed E-state index contributed by atoms with van der Waals surface area (Å²) >= 11 is 5.72. The van der Waals surface area contributed by atoms with Crippen LogP contribution in [0.15, 0.2) is 0 Å². The largest absolute Gasteiger partial charge is 0.340 e. The van der Waals surface area contributed by atoms with Gasteiger partial charge >= 0.3 is 0 Å². The van der Waals surface area contributed by atoms with Crippen molar-refractivity contribution in [1.82, 2.24) is 4.90 Å². The van der Waals surface area contributed by atoms with E-state index in [-0.39, 0.29) is 0 Å². The zero-order valence-corrected chi connectivity index (χ0v) is 11.8. The zero-order chi connectivity index (χ0) is 12.5. The molecule has 0 aromatic carbocycles. The lowest BCUT2D eigenvalue weighted by Gasteiger charge is -2.37. The summed E-state index contributed by atoms with van der Waals surface area (Å²) < 4.78 is 0. The van der Waals surface area contributed by atoms with Gasteiger partial charge in [0.2, 0.25) is 5.91 Å². The van der Waals surface area contributed by atoms with Gasteiger partial charge in [-0.25, -0.2) is 0 Å². The van der Waals surface area contributed by atoms with Crippen LogP contribution in [0.2, 0.25) is 0 Å². The molecule has 17 heavy (non-hydrogen) atoms. The molecule has 0 bridgehead atoms. The highest BCUT2D eigenvalue weighted by atomic mass is 35.5. The van der Waals surface area contributed by atoms with E-state index in [0.717, 1.165) is 25.8 Å². The molecule has 2 nitrogen and oxygen atoms in total. The van der Waals surface area contributed by atoms with Crippen LogP contribution in [-0.4, -0.2) is 29.3 Å². The van der Waals surface area contributed by atoms with Gasteiger partial charge in [0.25, 0.3) is 0 Å². The van der Waals surface area contributed by atoms with E-state index in [1.54, 1.807) is 0 Å². The van der Waals surface area contributed by atoms with E-state index in [4.69, 9.17) is 11.6 Å². The van der Waals surface area contributed by atoms with Crippen molar-refractivity contribution in [3.63, 3.8) is 0 Å². The summed E-state index contributed by atoms with van der Waals surface area (Å²) in [5, 5.41) is 0.